The number of halogens is 1. The summed E-state index contributed by atoms with van der Waals surface area (Å²) in [7, 11) is 0. The average Bonchev–Trinajstić information content (AvgIpc) is 3.13. The minimum Gasteiger partial charge on any atom is -0.449 e. The maximum atomic E-state index is 12.7. The van der Waals surface area contributed by atoms with Crippen molar-refractivity contribution in [1.29, 1.82) is 0 Å². The highest BCUT2D eigenvalue weighted by atomic mass is 35.5. The van der Waals surface area contributed by atoms with Crippen molar-refractivity contribution in [3.63, 3.8) is 0 Å². The number of hydrogen-bond donors (Lipinski definition) is 3. The highest BCUT2D eigenvalue weighted by molar-refractivity contribution is 6.35. The fourth-order valence-corrected chi connectivity index (χ4v) is 3.48. The van der Waals surface area contributed by atoms with Crippen LogP contribution in [0.3, 0.4) is 0 Å². The average molecular weight is 398 g/mol. The quantitative estimate of drug-likeness (QED) is 0.586. The first-order valence-electron chi connectivity index (χ1n) is 8.52. The van der Waals surface area contributed by atoms with Crippen molar-refractivity contribution in [3.8, 4) is 0 Å². The number of urea groups is 1. The number of hydrogen-bond acceptors (Lipinski definition) is 4. The molecule has 0 spiro atoms. The van der Waals surface area contributed by atoms with Gasteiger partial charge in [-0.2, -0.15) is 0 Å². The van der Waals surface area contributed by atoms with Gasteiger partial charge in [0.05, 0.1) is 5.02 Å². The van der Waals surface area contributed by atoms with Crippen LogP contribution in [0, 0.1) is 6.92 Å². The van der Waals surface area contributed by atoms with Crippen molar-refractivity contribution >= 4 is 46.1 Å². The molecule has 3 aromatic rings. The van der Waals surface area contributed by atoms with Crippen molar-refractivity contribution < 1.29 is 18.8 Å². The maximum Gasteiger partial charge on any atom is 0.322 e. The van der Waals surface area contributed by atoms with Gasteiger partial charge in [-0.05, 0) is 37.6 Å². The summed E-state index contributed by atoms with van der Waals surface area (Å²) in [5.41, 5.74) is 0.932. The lowest BCUT2D eigenvalue weighted by atomic mass is 9.92. The summed E-state index contributed by atoms with van der Waals surface area (Å²) in [5, 5.41) is 8.77. The van der Waals surface area contributed by atoms with Crippen molar-refractivity contribution in [1.82, 2.24) is 10.6 Å². The number of aryl methyl sites for hydroxylation is 1. The van der Waals surface area contributed by atoms with Crippen LogP contribution in [0.25, 0.3) is 11.0 Å². The first-order chi connectivity index (χ1) is 13.3. The molecule has 1 aliphatic rings. The predicted octanol–water partition coefficient (Wildman–Crippen LogP) is 3.70. The van der Waals surface area contributed by atoms with E-state index < -0.39 is 23.4 Å². The summed E-state index contributed by atoms with van der Waals surface area (Å²) in [5.74, 6) is -0.734. The number of carbonyl (C=O) groups is 3. The van der Waals surface area contributed by atoms with Crippen LogP contribution >= 0.6 is 11.6 Å². The van der Waals surface area contributed by atoms with Crippen molar-refractivity contribution in [2.75, 3.05) is 5.32 Å². The lowest BCUT2D eigenvalue weighted by molar-refractivity contribution is -0.123. The van der Waals surface area contributed by atoms with Crippen molar-refractivity contribution in [2.24, 2.45) is 0 Å². The Kier molecular flexibility index (Phi) is 4.12. The second-order valence-electron chi connectivity index (χ2n) is 6.74. The number of benzene rings is 2. The highest BCUT2D eigenvalue weighted by Crippen LogP contribution is 2.31. The standard InChI is InChI=1S/C20H16ClN3O4/c1-10-13-7-4-8-14(21)16(13)28-15(10)17(25)22-12-6-3-5-11(9-12)20(2)18(26)23-19(27)24-20/h3-9H,1-2H3,(H,22,25)(H2,23,24,26,27). The Balaban J connectivity index is 1.65. The van der Waals surface area contributed by atoms with Gasteiger partial charge in [0, 0.05) is 16.6 Å². The molecule has 1 fully saturated rings. The van der Waals surface area contributed by atoms with E-state index in [2.05, 4.69) is 16.0 Å². The van der Waals surface area contributed by atoms with E-state index in [0.717, 1.165) is 5.39 Å². The van der Waals surface area contributed by atoms with E-state index in [9.17, 15) is 14.4 Å². The molecule has 7 nitrogen and oxygen atoms in total. The Morgan fingerprint density at radius 3 is 2.61 bits per heavy atom. The van der Waals surface area contributed by atoms with E-state index in [4.69, 9.17) is 16.0 Å². The zero-order chi connectivity index (χ0) is 20.1. The second kappa shape index (κ2) is 6.38. The molecule has 1 atom stereocenters. The van der Waals surface area contributed by atoms with E-state index in [1.807, 2.05) is 6.07 Å². The summed E-state index contributed by atoms with van der Waals surface area (Å²) in [6.07, 6.45) is 0. The van der Waals surface area contributed by atoms with Gasteiger partial charge >= 0.3 is 6.03 Å². The van der Waals surface area contributed by atoms with Gasteiger partial charge in [-0.25, -0.2) is 4.79 Å². The molecular weight excluding hydrogens is 382 g/mol. The van der Waals surface area contributed by atoms with Gasteiger partial charge in [0.15, 0.2) is 11.3 Å². The zero-order valence-electron chi connectivity index (χ0n) is 15.1. The molecule has 4 amide bonds. The number of para-hydroxylation sites is 1. The Labute approximate surface area is 165 Å². The van der Waals surface area contributed by atoms with Crippen LogP contribution in [0.15, 0.2) is 46.9 Å². The van der Waals surface area contributed by atoms with Crippen LogP contribution in [-0.4, -0.2) is 17.8 Å². The number of furan rings is 1. The number of nitrogens with one attached hydrogen (secondary N) is 3. The third-order valence-electron chi connectivity index (χ3n) is 4.86. The van der Waals surface area contributed by atoms with Crippen LogP contribution in [0.5, 0.6) is 0 Å². The van der Waals surface area contributed by atoms with Gasteiger partial charge in [-0.15, -0.1) is 0 Å². The summed E-state index contributed by atoms with van der Waals surface area (Å²) in [6, 6.07) is 11.5. The van der Waals surface area contributed by atoms with Crippen molar-refractivity contribution in [3.05, 3.63) is 64.4 Å². The monoisotopic (exact) mass is 397 g/mol. The number of anilines is 1. The Bertz CT molecular complexity index is 1150. The van der Waals surface area contributed by atoms with Gasteiger partial charge in [0.2, 0.25) is 0 Å². The first-order valence-corrected chi connectivity index (χ1v) is 8.90. The lowest BCUT2D eigenvalue weighted by Crippen LogP contribution is -2.40. The molecular formula is C20H16ClN3O4. The molecule has 1 saturated heterocycles. The minimum absolute atomic E-state index is 0.159. The van der Waals surface area contributed by atoms with E-state index >= 15 is 0 Å². The molecule has 1 aliphatic heterocycles. The Hall–Kier alpha value is -3.32. The van der Waals surface area contributed by atoms with Crippen LogP contribution < -0.4 is 16.0 Å². The molecule has 0 aliphatic carbocycles. The molecule has 0 radical (unpaired) electrons. The summed E-state index contributed by atoms with van der Waals surface area (Å²) < 4.78 is 5.68. The molecule has 1 unspecified atom stereocenters. The topological polar surface area (TPSA) is 100 Å². The predicted molar refractivity (Wildman–Crippen MR) is 104 cm³/mol. The fourth-order valence-electron chi connectivity index (χ4n) is 3.27. The molecule has 2 heterocycles. The van der Waals surface area contributed by atoms with Gasteiger partial charge in [0.1, 0.15) is 5.54 Å². The zero-order valence-corrected chi connectivity index (χ0v) is 15.8. The van der Waals surface area contributed by atoms with E-state index in [-0.39, 0.29) is 5.76 Å². The van der Waals surface area contributed by atoms with Gasteiger partial charge in [0.25, 0.3) is 11.8 Å². The van der Waals surface area contributed by atoms with Gasteiger partial charge in [-0.3, -0.25) is 14.9 Å². The molecule has 0 saturated carbocycles. The normalized spacial score (nSPS) is 18.8. The number of fused-ring (bicyclic) bond motifs is 1. The Morgan fingerprint density at radius 1 is 1.18 bits per heavy atom. The number of carbonyl (C=O) groups excluding carboxylic acids is 3. The Morgan fingerprint density at radius 2 is 1.93 bits per heavy atom. The highest BCUT2D eigenvalue weighted by Gasteiger charge is 2.43. The van der Waals surface area contributed by atoms with E-state index in [1.165, 1.54) is 0 Å². The molecule has 2 aromatic carbocycles. The molecule has 142 valence electrons. The number of rotatable bonds is 3. The van der Waals surface area contributed by atoms with Crippen LogP contribution in [0.4, 0.5) is 10.5 Å². The SMILES string of the molecule is Cc1c(C(=O)Nc2cccc(C3(C)NC(=O)NC3=O)c2)oc2c(Cl)cccc12. The molecule has 28 heavy (non-hydrogen) atoms. The molecule has 3 N–H and O–H groups in total. The smallest absolute Gasteiger partial charge is 0.322 e. The fraction of sp³-hybridized carbons (Fsp3) is 0.150. The maximum absolute atomic E-state index is 12.7. The molecule has 1 aromatic heterocycles. The third kappa shape index (κ3) is 2.80. The van der Waals surface area contributed by atoms with E-state index in [0.29, 0.717) is 27.4 Å². The third-order valence-corrected chi connectivity index (χ3v) is 5.16. The van der Waals surface area contributed by atoms with Gasteiger partial charge in [-0.1, -0.05) is 35.9 Å². The van der Waals surface area contributed by atoms with Crippen LogP contribution in [0.1, 0.15) is 28.6 Å². The van der Waals surface area contributed by atoms with Crippen LogP contribution in [0.2, 0.25) is 5.02 Å². The van der Waals surface area contributed by atoms with E-state index in [1.54, 1.807) is 50.2 Å². The second-order valence-corrected chi connectivity index (χ2v) is 7.15. The lowest BCUT2D eigenvalue weighted by Gasteiger charge is -2.21. The van der Waals surface area contributed by atoms with Crippen molar-refractivity contribution in [2.45, 2.75) is 19.4 Å². The minimum atomic E-state index is -1.21. The largest absolute Gasteiger partial charge is 0.449 e. The summed E-state index contributed by atoms with van der Waals surface area (Å²) in [6.45, 7) is 3.38. The summed E-state index contributed by atoms with van der Waals surface area (Å²) in [4.78, 5) is 36.4. The molecule has 8 heteroatoms. The number of imide groups is 1. The molecule has 4 rings (SSSR count). The number of amides is 4. The van der Waals surface area contributed by atoms with Crippen LogP contribution in [-0.2, 0) is 10.3 Å². The molecule has 0 bridgehead atoms. The summed E-state index contributed by atoms with van der Waals surface area (Å²) >= 11 is 6.14. The first kappa shape index (κ1) is 18.1. The van der Waals surface area contributed by atoms with Gasteiger partial charge < -0.3 is 15.1 Å².